The first-order chi connectivity index (χ1) is 9.08. The molecule has 1 amide bonds. The maximum atomic E-state index is 10.8. The quantitative estimate of drug-likeness (QED) is 0.492. The standard InChI is InChI=1S/C14H17N3O2/c1-16-12-4-2-3-10(12)11-7-9(5-6-13(11)16)8-17(15)14(18)19/h5-7H,2-4,8,15H2,1H3,(H,18,19). The molecule has 1 aliphatic carbocycles. The number of hydrazine groups is 1. The van der Waals surface area contributed by atoms with Gasteiger partial charge in [0.2, 0.25) is 0 Å². The molecule has 2 aromatic rings. The van der Waals surface area contributed by atoms with Crippen LogP contribution < -0.4 is 5.84 Å². The molecule has 5 nitrogen and oxygen atoms in total. The normalized spacial score (nSPS) is 13.8. The highest BCUT2D eigenvalue weighted by Crippen LogP contribution is 2.32. The Hall–Kier alpha value is -2.01. The number of benzene rings is 1. The Morgan fingerprint density at radius 2 is 2.26 bits per heavy atom. The summed E-state index contributed by atoms with van der Waals surface area (Å²) in [5.41, 5.74) is 4.97. The van der Waals surface area contributed by atoms with Gasteiger partial charge in [0, 0.05) is 23.6 Å². The Balaban J connectivity index is 2.04. The van der Waals surface area contributed by atoms with Gasteiger partial charge in [0.15, 0.2) is 0 Å². The minimum Gasteiger partial charge on any atom is -0.464 e. The number of amides is 1. The lowest BCUT2D eigenvalue weighted by Gasteiger charge is -2.12. The van der Waals surface area contributed by atoms with Crippen molar-refractivity contribution in [3.8, 4) is 0 Å². The second kappa shape index (κ2) is 4.28. The summed E-state index contributed by atoms with van der Waals surface area (Å²) in [6.45, 7) is 0.217. The summed E-state index contributed by atoms with van der Waals surface area (Å²) in [6, 6.07) is 6.07. The number of hydrogen-bond donors (Lipinski definition) is 2. The third kappa shape index (κ3) is 1.86. The molecule has 1 aliphatic rings. The molecule has 0 saturated heterocycles. The third-order valence-corrected chi connectivity index (χ3v) is 3.94. The minimum absolute atomic E-state index is 0.217. The molecule has 3 rings (SSSR count). The molecule has 1 aromatic carbocycles. The number of fused-ring (bicyclic) bond motifs is 3. The number of rotatable bonds is 2. The van der Waals surface area contributed by atoms with E-state index in [-0.39, 0.29) is 6.54 Å². The fraction of sp³-hybridized carbons (Fsp3) is 0.357. The highest BCUT2D eigenvalue weighted by Gasteiger charge is 2.20. The average molecular weight is 259 g/mol. The highest BCUT2D eigenvalue weighted by atomic mass is 16.4. The first-order valence-electron chi connectivity index (χ1n) is 6.42. The molecule has 0 saturated carbocycles. The van der Waals surface area contributed by atoms with Crippen LogP contribution in [0.4, 0.5) is 4.79 Å². The Bertz CT molecular complexity index is 660. The van der Waals surface area contributed by atoms with Gasteiger partial charge in [0.25, 0.3) is 0 Å². The van der Waals surface area contributed by atoms with Gasteiger partial charge in [-0.1, -0.05) is 6.07 Å². The lowest BCUT2D eigenvalue weighted by Crippen LogP contribution is -2.35. The molecule has 0 atom stereocenters. The summed E-state index contributed by atoms with van der Waals surface area (Å²) in [5, 5.41) is 10.9. The van der Waals surface area contributed by atoms with Gasteiger partial charge in [-0.05, 0) is 42.5 Å². The summed E-state index contributed by atoms with van der Waals surface area (Å²) in [4.78, 5) is 10.8. The zero-order chi connectivity index (χ0) is 13.6. The fourth-order valence-corrected chi connectivity index (χ4v) is 3.01. The number of hydrogen-bond acceptors (Lipinski definition) is 2. The van der Waals surface area contributed by atoms with Crippen LogP contribution in [-0.4, -0.2) is 20.8 Å². The van der Waals surface area contributed by atoms with E-state index in [2.05, 4.69) is 23.7 Å². The van der Waals surface area contributed by atoms with Crippen molar-refractivity contribution in [2.45, 2.75) is 25.8 Å². The molecule has 3 N–H and O–H groups in total. The summed E-state index contributed by atoms with van der Waals surface area (Å²) >= 11 is 0. The lowest BCUT2D eigenvalue weighted by atomic mass is 10.1. The number of aromatic nitrogens is 1. The van der Waals surface area contributed by atoms with Gasteiger partial charge in [-0.2, -0.15) is 0 Å². The molecule has 0 bridgehead atoms. The van der Waals surface area contributed by atoms with Crippen molar-refractivity contribution in [1.82, 2.24) is 9.58 Å². The summed E-state index contributed by atoms with van der Waals surface area (Å²) in [5.74, 6) is 5.44. The first kappa shape index (κ1) is 12.0. The van der Waals surface area contributed by atoms with Gasteiger partial charge in [-0.3, -0.25) is 0 Å². The van der Waals surface area contributed by atoms with E-state index in [0.29, 0.717) is 0 Å². The fourth-order valence-electron chi connectivity index (χ4n) is 3.01. The molecule has 1 aromatic heterocycles. The van der Waals surface area contributed by atoms with Gasteiger partial charge >= 0.3 is 6.09 Å². The number of carboxylic acid groups (broad SMARTS) is 1. The number of aryl methyl sites for hydroxylation is 2. The van der Waals surface area contributed by atoms with Crippen LogP contribution in [0.2, 0.25) is 0 Å². The van der Waals surface area contributed by atoms with E-state index in [4.69, 9.17) is 10.9 Å². The largest absolute Gasteiger partial charge is 0.464 e. The Kier molecular flexibility index (Phi) is 2.71. The summed E-state index contributed by atoms with van der Waals surface area (Å²) < 4.78 is 2.25. The van der Waals surface area contributed by atoms with Crippen LogP contribution in [0.5, 0.6) is 0 Å². The minimum atomic E-state index is -1.11. The average Bonchev–Trinajstić information content (AvgIpc) is 2.94. The Labute approximate surface area is 111 Å². The molecule has 0 fully saturated rings. The molecule has 1 heterocycles. The van der Waals surface area contributed by atoms with Crippen LogP contribution in [0.25, 0.3) is 10.9 Å². The van der Waals surface area contributed by atoms with E-state index in [1.807, 2.05) is 6.07 Å². The molecular formula is C14H17N3O2. The zero-order valence-corrected chi connectivity index (χ0v) is 10.9. The molecule has 100 valence electrons. The van der Waals surface area contributed by atoms with Crippen LogP contribution >= 0.6 is 0 Å². The van der Waals surface area contributed by atoms with Crippen LogP contribution in [0.15, 0.2) is 18.2 Å². The zero-order valence-electron chi connectivity index (χ0n) is 10.9. The summed E-state index contributed by atoms with van der Waals surface area (Å²) in [6.07, 6.45) is 2.34. The molecule has 0 aliphatic heterocycles. The predicted molar refractivity (Wildman–Crippen MR) is 72.7 cm³/mol. The van der Waals surface area contributed by atoms with Gasteiger partial charge in [0.1, 0.15) is 0 Å². The van der Waals surface area contributed by atoms with E-state index in [0.717, 1.165) is 23.4 Å². The molecule has 0 spiro atoms. The number of nitrogens with zero attached hydrogens (tertiary/aromatic N) is 2. The maximum absolute atomic E-state index is 10.8. The van der Waals surface area contributed by atoms with E-state index >= 15 is 0 Å². The second-order valence-electron chi connectivity index (χ2n) is 5.10. The van der Waals surface area contributed by atoms with Gasteiger partial charge in [-0.25, -0.2) is 15.6 Å². The van der Waals surface area contributed by atoms with Gasteiger partial charge < -0.3 is 9.67 Å². The highest BCUT2D eigenvalue weighted by molar-refractivity contribution is 5.86. The van der Waals surface area contributed by atoms with Crippen molar-refractivity contribution >= 4 is 17.0 Å². The number of carbonyl (C=O) groups is 1. The van der Waals surface area contributed by atoms with Crippen molar-refractivity contribution in [2.24, 2.45) is 12.9 Å². The van der Waals surface area contributed by atoms with E-state index in [1.165, 1.54) is 28.6 Å². The van der Waals surface area contributed by atoms with E-state index < -0.39 is 6.09 Å². The monoisotopic (exact) mass is 259 g/mol. The SMILES string of the molecule is Cn1c2c(c3cc(CN(N)C(=O)O)ccc31)CCC2. The maximum Gasteiger partial charge on any atom is 0.421 e. The molecular weight excluding hydrogens is 242 g/mol. The van der Waals surface area contributed by atoms with E-state index in [9.17, 15) is 4.79 Å². The first-order valence-corrected chi connectivity index (χ1v) is 6.42. The van der Waals surface area contributed by atoms with Crippen LogP contribution in [-0.2, 0) is 26.4 Å². The lowest BCUT2D eigenvalue weighted by molar-refractivity contribution is 0.143. The van der Waals surface area contributed by atoms with Gasteiger partial charge in [0.05, 0.1) is 6.54 Å². The topological polar surface area (TPSA) is 71.5 Å². The van der Waals surface area contributed by atoms with Crippen molar-refractivity contribution in [3.05, 3.63) is 35.0 Å². The van der Waals surface area contributed by atoms with E-state index in [1.54, 1.807) is 0 Å². The molecule has 19 heavy (non-hydrogen) atoms. The van der Waals surface area contributed by atoms with Crippen molar-refractivity contribution in [3.63, 3.8) is 0 Å². The summed E-state index contributed by atoms with van der Waals surface area (Å²) in [7, 11) is 2.10. The van der Waals surface area contributed by atoms with Gasteiger partial charge in [-0.15, -0.1) is 0 Å². The predicted octanol–water partition coefficient (Wildman–Crippen LogP) is 2.02. The van der Waals surface area contributed by atoms with Crippen LogP contribution in [0.3, 0.4) is 0 Å². The third-order valence-electron chi connectivity index (χ3n) is 3.94. The number of nitrogens with two attached hydrogens (primary N) is 1. The van der Waals surface area contributed by atoms with Crippen molar-refractivity contribution in [1.29, 1.82) is 0 Å². The van der Waals surface area contributed by atoms with Crippen molar-refractivity contribution < 1.29 is 9.90 Å². The second-order valence-corrected chi connectivity index (χ2v) is 5.10. The van der Waals surface area contributed by atoms with Crippen molar-refractivity contribution in [2.75, 3.05) is 0 Å². The smallest absolute Gasteiger partial charge is 0.421 e. The van der Waals surface area contributed by atoms with Crippen LogP contribution in [0, 0.1) is 0 Å². The molecule has 0 unspecified atom stereocenters. The molecule has 0 radical (unpaired) electrons. The Morgan fingerprint density at radius 1 is 1.47 bits per heavy atom. The molecule has 5 heteroatoms. The van der Waals surface area contributed by atoms with Crippen LogP contribution in [0.1, 0.15) is 23.2 Å². The Morgan fingerprint density at radius 3 is 3.00 bits per heavy atom.